The summed E-state index contributed by atoms with van der Waals surface area (Å²) in [6.07, 6.45) is 0.152. The van der Waals surface area contributed by atoms with Crippen LogP contribution in [0.1, 0.15) is 23.2 Å². The van der Waals surface area contributed by atoms with Crippen molar-refractivity contribution < 1.29 is 24.2 Å². The Morgan fingerprint density at radius 2 is 2.10 bits per heavy atom. The van der Waals surface area contributed by atoms with Crippen molar-refractivity contribution in [1.82, 2.24) is 0 Å². The van der Waals surface area contributed by atoms with Gasteiger partial charge in [-0.1, -0.05) is 18.2 Å². The lowest BCUT2D eigenvalue weighted by Crippen LogP contribution is -2.28. The van der Waals surface area contributed by atoms with Gasteiger partial charge in [0.15, 0.2) is 0 Å². The topological polar surface area (TPSA) is 72.8 Å². The Balaban J connectivity index is 1.69. The summed E-state index contributed by atoms with van der Waals surface area (Å²) in [6, 6.07) is 8.74. The van der Waals surface area contributed by atoms with Gasteiger partial charge in [0.25, 0.3) is 0 Å². The van der Waals surface area contributed by atoms with E-state index >= 15 is 0 Å². The predicted molar refractivity (Wildman–Crippen MR) is 68.8 cm³/mol. The number of esters is 2. The fourth-order valence-corrected chi connectivity index (χ4v) is 3.13. The molecule has 1 heterocycles. The lowest BCUT2D eigenvalue weighted by atomic mass is 9.93. The van der Waals surface area contributed by atoms with E-state index in [9.17, 15) is 14.7 Å². The van der Waals surface area contributed by atoms with Gasteiger partial charge in [0.05, 0.1) is 12.0 Å². The van der Waals surface area contributed by atoms with Gasteiger partial charge >= 0.3 is 11.9 Å². The van der Waals surface area contributed by atoms with E-state index in [-0.39, 0.29) is 30.5 Å². The molecule has 2 aliphatic rings. The molecule has 2 fully saturated rings. The molecule has 0 bridgehead atoms. The Kier molecular flexibility index (Phi) is 3.44. The normalized spacial score (nSPS) is 31.8. The quantitative estimate of drug-likeness (QED) is 0.839. The Bertz CT molecular complexity index is 512. The van der Waals surface area contributed by atoms with E-state index in [0.717, 1.165) is 0 Å². The number of hydrogen-bond acceptors (Lipinski definition) is 5. The molecule has 1 aliphatic heterocycles. The van der Waals surface area contributed by atoms with Crippen molar-refractivity contribution in [3.63, 3.8) is 0 Å². The summed E-state index contributed by atoms with van der Waals surface area (Å²) in [5.41, 5.74) is 0.484. The van der Waals surface area contributed by atoms with E-state index < -0.39 is 12.1 Å². The number of ether oxygens (including phenoxy) is 2. The molecule has 0 aromatic heterocycles. The monoisotopic (exact) mass is 276 g/mol. The molecule has 0 spiro atoms. The number of aliphatic hydroxyl groups is 1. The van der Waals surface area contributed by atoms with Crippen LogP contribution in [0.3, 0.4) is 0 Å². The molecule has 106 valence electrons. The number of carbonyl (C=O) groups is 2. The first-order chi connectivity index (χ1) is 9.69. The molecule has 0 unspecified atom stereocenters. The van der Waals surface area contributed by atoms with Crippen LogP contribution in [0.2, 0.25) is 0 Å². The van der Waals surface area contributed by atoms with Gasteiger partial charge in [-0.05, 0) is 12.1 Å². The highest BCUT2D eigenvalue weighted by Gasteiger charge is 2.51. The predicted octanol–water partition coefficient (Wildman–Crippen LogP) is 1.16. The summed E-state index contributed by atoms with van der Waals surface area (Å²) in [7, 11) is 0. The Hall–Kier alpha value is -1.88. The van der Waals surface area contributed by atoms with Crippen molar-refractivity contribution in [2.24, 2.45) is 11.8 Å². The largest absolute Gasteiger partial charge is 0.462 e. The van der Waals surface area contributed by atoms with Crippen molar-refractivity contribution in [3.05, 3.63) is 35.9 Å². The molecule has 0 radical (unpaired) electrons. The second-order valence-electron chi connectivity index (χ2n) is 5.29. The highest BCUT2D eigenvalue weighted by Crippen LogP contribution is 2.42. The third-order valence-electron chi connectivity index (χ3n) is 4.13. The maximum Gasteiger partial charge on any atom is 0.338 e. The van der Waals surface area contributed by atoms with Gasteiger partial charge < -0.3 is 14.6 Å². The second-order valence-corrected chi connectivity index (χ2v) is 5.29. The van der Waals surface area contributed by atoms with E-state index in [0.29, 0.717) is 18.4 Å². The maximum atomic E-state index is 12.0. The minimum Gasteiger partial charge on any atom is -0.462 e. The van der Waals surface area contributed by atoms with Crippen LogP contribution < -0.4 is 0 Å². The van der Waals surface area contributed by atoms with E-state index in [1.165, 1.54) is 0 Å². The summed E-state index contributed by atoms with van der Waals surface area (Å²) in [6.45, 7) is -0.107. The molecule has 1 saturated heterocycles. The number of hydrogen-bond donors (Lipinski definition) is 1. The average molecular weight is 276 g/mol. The fraction of sp³-hybridized carbons (Fsp3) is 0.467. The first-order valence-corrected chi connectivity index (χ1v) is 6.75. The summed E-state index contributed by atoms with van der Waals surface area (Å²) >= 11 is 0. The summed E-state index contributed by atoms with van der Waals surface area (Å²) in [5, 5.41) is 9.50. The van der Waals surface area contributed by atoms with Gasteiger partial charge in [-0.25, -0.2) is 4.79 Å². The summed E-state index contributed by atoms with van der Waals surface area (Å²) in [4.78, 5) is 23.3. The van der Waals surface area contributed by atoms with Crippen LogP contribution in [-0.4, -0.2) is 35.9 Å². The highest BCUT2D eigenvalue weighted by atomic mass is 16.6. The molecule has 1 aliphatic carbocycles. The molecule has 20 heavy (non-hydrogen) atoms. The highest BCUT2D eigenvalue weighted by molar-refractivity contribution is 5.89. The fourth-order valence-electron chi connectivity index (χ4n) is 3.13. The van der Waals surface area contributed by atoms with E-state index in [1.54, 1.807) is 24.3 Å². The van der Waals surface area contributed by atoms with Gasteiger partial charge in [0.2, 0.25) is 0 Å². The molecule has 1 aromatic rings. The molecule has 1 saturated carbocycles. The Labute approximate surface area is 116 Å². The zero-order chi connectivity index (χ0) is 14.1. The van der Waals surface area contributed by atoms with E-state index in [2.05, 4.69) is 0 Å². The number of aliphatic hydroxyl groups excluding tert-OH is 1. The lowest BCUT2D eigenvalue weighted by Gasteiger charge is -2.20. The third kappa shape index (κ3) is 2.29. The minimum absolute atomic E-state index is 0.0407. The average Bonchev–Trinajstić information content (AvgIpc) is 2.95. The molecule has 3 rings (SSSR count). The van der Waals surface area contributed by atoms with Crippen molar-refractivity contribution in [1.29, 1.82) is 0 Å². The minimum atomic E-state index is -0.402. The molecule has 1 N–H and O–H groups in total. The standard InChI is InChI=1S/C15H16O5/c16-8-11-10-6-14(17)19-12(10)7-13(11)20-15(18)9-4-2-1-3-5-9/h1-5,10-13,16H,6-8H2/t10-,11-,12+,13+/m1/s1. The summed E-state index contributed by atoms with van der Waals surface area (Å²) < 4.78 is 10.7. The van der Waals surface area contributed by atoms with Crippen LogP contribution in [0.4, 0.5) is 0 Å². The van der Waals surface area contributed by atoms with Gasteiger partial charge in [-0.2, -0.15) is 0 Å². The van der Waals surface area contributed by atoms with E-state index in [4.69, 9.17) is 9.47 Å². The van der Waals surface area contributed by atoms with Gasteiger partial charge in [-0.3, -0.25) is 4.79 Å². The molecule has 5 nitrogen and oxygen atoms in total. The van der Waals surface area contributed by atoms with Gasteiger partial charge in [-0.15, -0.1) is 0 Å². The molecular formula is C15H16O5. The second kappa shape index (κ2) is 5.25. The SMILES string of the molecule is O=C1C[C@@H]2[C@@H](CO)[C@@H](OC(=O)c3ccccc3)C[C@@H]2O1. The first-order valence-electron chi connectivity index (χ1n) is 6.75. The van der Waals surface area contributed by atoms with Crippen molar-refractivity contribution >= 4 is 11.9 Å². The molecular weight excluding hydrogens is 260 g/mol. The zero-order valence-corrected chi connectivity index (χ0v) is 10.9. The smallest absolute Gasteiger partial charge is 0.338 e. The summed E-state index contributed by atoms with van der Waals surface area (Å²) in [5.74, 6) is -0.896. The van der Waals surface area contributed by atoms with Crippen LogP contribution in [0.15, 0.2) is 30.3 Å². The molecule has 5 heteroatoms. The van der Waals surface area contributed by atoms with E-state index in [1.807, 2.05) is 6.07 Å². The van der Waals surface area contributed by atoms with Crippen LogP contribution >= 0.6 is 0 Å². The Morgan fingerprint density at radius 1 is 1.35 bits per heavy atom. The molecule has 4 atom stereocenters. The van der Waals surface area contributed by atoms with Crippen LogP contribution in [0, 0.1) is 11.8 Å². The molecule has 0 amide bonds. The maximum absolute atomic E-state index is 12.0. The number of fused-ring (bicyclic) bond motifs is 1. The van der Waals surface area contributed by atoms with Crippen molar-refractivity contribution in [2.45, 2.75) is 25.0 Å². The Morgan fingerprint density at radius 3 is 2.80 bits per heavy atom. The van der Waals surface area contributed by atoms with Crippen LogP contribution in [-0.2, 0) is 14.3 Å². The van der Waals surface area contributed by atoms with Crippen LogP contribution in [0.25, 0.3) is 0 Å². The van der Waals surface area contributed by atoms with Gasteiger partial charge in [0, 0.05) is 24.9 Å². The van der Waals surface area contributed by atoms with Crippen molar-refractivity contribution in [2.75, 3.05) is 6.61 Å². The number of benzene rings is 1. The first kappa shape index (κ1) is 13.1. The number of rotatable bonds is 3. The molecule has 1 aromatic carbocycles. The number of carbonyl (C=O) groups excluding carboxylic acids is 2. The lowest BCUT2D eigenvalue weighted by molar-refractivity contribution is -0.141. The van der Waals surface area contributed by atoms with Crippen molar-refractivity contribution in [3.8, 4) is 0 Å². The van der Waals surface area contributed by atoms with Gasteiger partial charge in [0.1, 0.15) is 12.2 Å². The van der Waals surface area contributed by atoms with Crippen LogP contribution in [0.5, 0.6) is 0 Å². The third-order valence-corrected chi connectivity index (χ3v) is 4.13. The zero-order valence-electron chi connectivity index (χ0n) is 10.9.